The van der Waals surface area contributed by atoms with Crippen molar-refractivity contribution in [3.05, 3.63) is 30.0 Å². The molecule has 0 radical (unpaired) electrons. The zero-order chi connectivity index (χ0) is 11.7. The maximum absolute atomic E-state index is 5.99. The number of nitrogens with two attached hydrogens (primary N) is 1. The van der Waals surface area contributed by atoms with Crippen LogP contribution in [-0.2, 0) is 6.54 Å². The van der Waals surface area contributed by atoms with E-state index in [-0.39, 0.29) is 6.04 Å². The van der Waals surface area contributed by atoms with Gasteiger partial charge in [0.1, 0.15) is 5.75 Å². The van der Waals surface area contributed by atoms with E-state index >= 15 is 0 Å². The summed E-state index contributed by atoms with van der Waals surface area (Å²) in [6.07, 6.45) is 2.13. The van der Waals surface area contributed by atoms with Crippen LogP contribution in [0.3, 0.4) is 0 Å². The fourth-order valence-corrected chi connectivity index (χ4v) is 2.06. The minimum Gasteiger partial charge on any atom is -0.497 e. The van der Waals surface area contributed by atoms with Gasteiger partial charge in [0.25, 0.3) is 0 Å². The average molecular weight is 218 g/mol. The van der Waals surface area contributed by atoms with E-state index in [4.69, 9.17) is 10.5 Å². The molecule has 1 atom stereocenters. The molecule has 0 bridgehead atoms. The monoisotopic (exact) mass is 218 g/mol. The molecule has 2 aromatic rings. The second-order valence-electron chi connectivity index (χ2n) is 4.04. The van der Waals surface area contributed by atoms with Gasteiger partial charge in [0, 0.05) is 29.7 Å². The first-order valence-corrected chi connectivity index (χ1v) is 5.59. The molecule has 3 heteroatoms. The number of methoxy groups -OCH3 is 1. The van der Waals surface area contributed by atoms with Crippen molar-refractivity contribution in [1.82, 2.24) is 4.57 Å². The van der Waals surface area contributed by atoms with Crippen LogP contribution in [0.4, 0.5) is 0 Å². The third-order valence-corrected chi connectivity index (χ3v) is 2.95. The molecule has 0 aliphatic heterocycles. The third kappa shape index (κ3) is 1.67. The van der Waals surface area contributed by atoms with Crippen LogP contribution in [-0.4, -0.2) is 11.7 Å². The number of fused-ring (bicyclic) bond motifs is 1. The summed E-state index contributed by atoms with van der Waals surface area (Å²) in [5, 5.41) is 1.19. The van der Waals surface area contributed by atoms with Gasteiger partial charge in [0.2, 0.25) is 0 Å². The van der Waals surface area contributed by atoms with Crippen LogP contribution in [0.25, 0.3) is 10.9 Å². The van der Waals surface area contributed by atoms with Gasteiger partial charge in [-0.1, -0.05) is 0 Å². The van der Waals surface area contributed by atoms with Crippen LogP contribution in [0, 0.1) is 0 Å². The second kappa shape index (κ2) is 4.18. The normalized spacial score (nSPS) is 13.0. The summed E-state index contributed by atoms with van der Waals surface area (Å²) in [5.74, 6) is 0.878. The Kier molecular flexibility index (Phi) is 2.88. The Balaban J connectivity index is 2.70. The highest BCUT2D eigenvalue weighted by atomic mass is 16.5. The molecule has 1 aromatic heterocycles. The van der Waals surface area contributed by atoms with Crippen LogP contribution >= 0.6 is 0 Å². The van der Waals surface area contributed by atoms with Crippen LogP contribution in [0.2, 0.25) is 0 Å². The van der Waals surface area contributed by atoms with Gasteiger partial charge in [-0.15, -0.1) is 0 Å². The average Bonchev–Trinajstić information content (AvgIpc) is 2.66. The standard InChI is InChI=1S/C13H18N2O/c1-4-15-8-12(9(2)14)11-7-10(16-3)5-6-13(11)15/h5-9H,4,14H2,1-3H3. The molecular formula is C13H18N2O. The Morgan fingerprint density at radius 2 is 2.19 bits per heavy atom. The fraction of sp³-hybridized carbons (Fsp3) is 0.385. The molecule has 1 heterocycles. The van der Waals surface area contributed by atoms with E-state index in [9.17, 15) is 0 Å². The predicted molar refractivity (Wildman–Crippen MR) is 66.8 cm³/mol. The first kappa shape index (κ1) is 11.0. The maximum atomic E-state index is 5.99. The lowest BCUT2D eigenvalue weighted by atomic mass is 10.1. The van der Waals surface area contributed by atoms with Gasteiger partial charge >= 0.3 is 0 Å². The molecule has 2 rings (SSSR count). The molecule has 1 unspecified atom stereocenters. The number of hydrogen-bond donors (Lipinski definition) is 1. The number of hydrogen-bond acceptors (Lipinski definition) is 2. The Morgan fingerprint density at radius 3 is 2.75 bits per heavy atom. The minimum atomic E-state index is 0.0439. The maximum Gasteiger partial charge on any atom is 0.119 e. The molecule has 3 nitrogen and oxygen atoms in total. The number of nitrogens with zero attached hydrogens (tertiary/aromatic N) is 1. The summed E-state index contributed by atoms with van der Waals surface area (Å²) >= 11 is 0. The lowest BCUT2D eigenvalue weighted by Gasteiger charge is -2.04. The summed E-state index contributed by atoms with van der Waals surface area (Å²) in [6, 6.07) is 6.17. The summed E-state index contributed by atoms with van der Waals surface area (Å²) < 4.78 is 7.47. The lowest BCUT2D eigenvalue weighted by Crippen LogP contribution is -2.04. The van der Waals surface area contributed by atoms with Gasteiger partial charge in [-0.2, -0.15) is 0 Å². The first-order valence-electron chi connectivity index (χ1n) is 5.59. The molecule has 0 fully saturated rings. The first-order chi connectivity index (χ1) is 7.67. The lowest BCUT2D eigenvalue weighted by molar-refractivity contribution is 0.415. The van der Waals surface area contributed by atoms with Crippen molar-refractivity contribution in [1.29, 1.82) is 0 Å². The molecule has 2 N–H and O–H groups in total. The summed E-state index contributed by atoms with van der Waals surface area (Å²) in [5.41, 5.74) is 8.38. The van der Waals surface area contributed by atoms with Crippen LogP contribution in [0.5, 0.6) is 5.75 Å². The Hall–Kier alpha value is -1.48. The molecule has 16 heavy (non-hydrogen) atoms. The molecule has 0 spiro atoms. The number of ether oxygens (including phenoxy) is 1. The van der Waals surface area contributed by atoms with Crippen LogP contribution < -0.4 is 10.5 Å². The predicted octanol–water partition coefficient (Wildman–Crippen LogP) is 2.69. The summed E-state index contributed by atoms with van der Waals surface area (Å²) in [6.45, 7) is 5.10. The quantitative estimate of drug-likeness (QED) is 0.860. The van der Waals surface area contributed by atoms with E-state index in [2.05, 4.69) is 29.8 Å². The number of benzene rings is 1. The minimum absolute atomic E-state index is 0.0439. The molecule has 0 saturated carbocycles. The third-order valence-electron chi connectivity index (χ3n) is 2.95. The van der Waals surface area contributed by atoms with Crippen molar-refractivity contribution < 1.29 is 4.74 Å². The SMILES string of the molecule is CCn1cc(C(C)N)c2cc(OC)ccc21. The number of aryl methyl sites for hydroxylation is 1. The van der Waals surface area contributed by atoms with Gasteiger partial charge in [0.05, 0.1) is 7.11 Å². The summed E-state index contributed by atoms with van der Waals surface area (Å²) in [4.78, 5) is 0. The highest BCUT2D eigenvalue weighted by molar-refractivity contribution is 5.85. The number of aromatic nitrogens is 1. The second-order valence-corrected chi connectivity index (χ2v) is 4.04. The van der Waals surface area contributed by atoms with Gasteiger partial charge in [-0.3, -0.25) is 0 Å². The zero-order valence-corrected chi connectivity index (χ0v) is 10.0. The van der Waals surface area contributed by atoms with E-state index in [0.717, 1.165) is 12.3 Å². The Morgan fingerprint density at radius 1 is 1.44 bits per heavy atom. The van der Waals surface area contributed by atoms with Crippen molar-refractivity contribution in [3.8, 4) is 5.75 Å². The van der Waals surface area contributed by atoms with Crippen LogP contribution in [0.15, 0.2) is 24.4 Å². The van der Waals surface area contributed by atoms with E-state index in [0.29, 0.717) is 0 Å². The highest BCUT2D eigenvalue weighted by Gasteiger charge is 2.11. The van der Waals surface area contributed by atoms with Crippen molar-refractivity contribution in [2.24, 2.45) is 5.73 Å². The van der Waals surface area contributed by atoms with E-state index in [1.807, 2.05) is 13.0 Å². The summed E-state index contributed by atoms with van der Waals surface area (Å²) in [7, 11) is 1.68. The molecule has 1 aromatic carbocycles. The molecular weight excluding hydrogens is 200 g/mol. The van der Waals surface area contributed by atoms with Crippen molar-refractivity contribution in [3.63, 3.8) is 0 Å². The van der Waals surface area contributed by atoms with E-state index < -0.39 is 0 Å². The molecule has 0 amide bonds. The van der Waals surface area contributed by atoms with Crippen molar-refractivity contribution in [2.75, 3.05) is 7.11 Å². The zero-order valence-electron chi connectivity index (χ0n) is 10.0. The Bertz CT molecular complexity index is 500. The fourth-order valence-electron chi connectivity index (χ4n) is 2.06. The van der Waals surface area contributed by atoms with Gasteiger partial charge in [-0.05, 0) is 37.6 Å². The Labute approximate surface area is 95.8 Å². The molecule has 0 saturated heterocycles. The van der Waals surface area contributed by atoms with E-state index in [1.165, 1.54) is 16.5 Å². The van der Waals surface area contributed by atoms with Gasteiger partial charge in [0.15, 0.2) is 0 Å². The van der Waals surface area contributed by atoms with Crippen LogP contribution in [0.1, 0.15) is 25.5 Å². The molecule has 0 aliphatic carbocycles. The smallest absolute Gasteiger partial charge is 0.119 e. The van der Waals surface area contributed by atoms with Gasteiger partial charge < -0.3 is 15.0 Å². The topological polar surface area (TPSA) is 40.2 Å². The largest absolute Gasteiger partial charge is 0.497 e. The number of rotatable bonds is 3. The molecule has 86 valence electrons. The molecule has 0 aliphatic rings. The van der Waals surface area contributed by atoms with Crippen molar-refractivity contribution >= 4 is 10.9 Å². The van der Waals surface area contributed by atoms with Crippen molar-refractivity contribution in [2.45, 2.75) is 26.4 Å². The van der Waals surface area contributed by atoms with E-state index in [1.54, 1.807) is 7.11 Å². The highest BCUT2D eigenvalue weighted by Crippen LogP contribution is 2.28. The van der Waals surface area contributed by atoms with Gasteiger partial charge in [-0.25, -0.2) is 0 Å².